The van der Waals surface area contributed by atoms with Gasteiger partial charge >= 0.3 is 0 Å². The molecule has 3 aromatic rings. The van der Waals surface area contributed by atoms with E-state index in [9.17, 15) is 4.79 Å². The number of carbonyl (C=O) groups excluding carboxylic acids is 1. The van der Waals surface area contributed by atoms with E-state index in [0.717, 1.165) is 36.2 Å². The number of nitrogens with zero attached hydrogens (tertiary/aromatic N) is 4. The van der Waals surface area contributed by atoms with Crippen LogP contribution in [0, 0.1) is 5.92 Å². The van der Waals surface area contributed by atoms with Gasteiger partial charge in [-0.05, 0) is 55.4 Å². The van der Waals surface area contributed by atoms with Crippen molar-refractivity contribution in [1.82, 2.24) is 19.7 Å². The van der Waals surface area contributed by atoms with E-state index in [1.54, 1.807) is 12.3 Å². The summed E-state index contributed by atoms with van der Waals surface area (Å²) in [6.07, 6.45) is 14.0. The van der Waals surface area contributed by atoms with Gasteiger partial charge in [-0.1, -0.05) is 30.3 Å². The molecule has 2 fully saturated rings. The second-order valence-electron chi connectivity index (χ2n) is 8.36. The second kappa shape index (κ2) is 8.27. The number of aromatic nitrogens is 3. The highest BCUT2D eigenvalue weighted by atomic mass is 16.2. The van der Waals surface area contributed by atoms with E-state index in [1.165, 1.54) is 18.4 Å². The summed E-state index contributed by atoms with van der Waals surface area (Å²) in [6, 6.07) is 14.6. The Morgan fingerprint density at radius 1 is 1.10 bits per heavy atom. The first-order valence-electron chi connectivity index (χ1n) is 10.8. The Morgan fingerprint density at radius 3 is 2.63 bits per heavy atom. The molecule has 0 saturated heterocycles. The molecule has 1 amide bonds. The average molecular weight is 399 g/mol. The van der Waals surface area contributed by atoms with Gasteiger partial charge in [0.15, 0.2) is 0 Å². The minimum Gasteiger partial charge on any atom is -0.336 e. The Balaban J connectivity index is 1.40. The van der Waals surface area contributed by atoms with Crippen molar-refractivity contribution < 1.29 is 4.79 Å². The standard InChI is InChI=1S/C25H26N4O/c30-24(29(23-11-12-23)17-20-8-9-20)13-10-22-18-28(16-19-5-2-1-3-6-19)27-25(22)21-7-4-14-26-15-21/h1-7,10,13-15,18,20,23H,8-9,11-12,16-17H2/b13-10+. The molecule has 0 radical (unpaired) electrons. The highest BCUT2D eigenvalue weighted by Gasteiger charge is 2.35. The van der Waals surface area contributed by atoms with Crippen molar-refractivity contribution >= 4 is 12.0 Å². The molecule has 2 aliphatic carbocycles. The van der Waals surface area contributed by atoms with Crippen LogP contribution in [0.4, 0.5) is 0 Å². The third-order valence-corrected chi connectivity index (χ3v) is 5.74. The zero-order valence-corrected chi connectivity index (χ0v) is 17.0. The summed E-state index contributed by atoms with van der Waals surface area (Å²) in [5, 5.41) is 4.80. The lowest BCUT2D eigenvalue weighted by atomic mass is 10.1. The van der Waals surface area contributed by atoms with Crippen molar-refractivity contribution in [2.24, 2.45) is 5.92 Å². The van der Waals surface area contributed by atoms with Crippen molar-refractivity contribution in [3.63, 3.8) is 0 Å². The molecule has 0 spiro atoms. The van der Waals surface area contributed by atoms with Crippen LogP contribution in [0.3, 0.4) is 0 Å². The molecule has 5 rings (SSSR count). The molecule has 2 saturated carbocycles. The number of carbonyl (C=O) groups is 1. The molecule has 0 atom stereocenters. The molecule has 0 aliphatic heterocycles. The SMILES string of the molecule is O=C(/C=C/c1cn(Cc2ccccc2)nc1-c1cccnc1)N(CC1CC1)C1CC1. The Bertz CT molecular complexity index is 1030. The van der Waals surface area contributed by atoms with Crippen LogP contribution in [0.1, 0.15) is 36.8 Å². The van der Waals surface area contributed by atoms with E-state index in [-0.39, 0.29) is 5.91 Å². The van der Waals surface area contributed by atoms with Gasteiger partial charge in [0.05, 0.1) is 6.54 Å². The van der Waals surface area contributed by atoms with Gasteiger partial charge in [0, 0.05) is 48.4 Å². The van der Waals surface area contributed by atoms with Crippen LogP contribution in [-0.4, -0.2) is 38.2 Å². The number of rotatable bonds is 8. The predicted octanol–water partition coefficient (Wildman–Crippen LogP) is 4.41. The molecule has 152 valence electrons. The van der Waals surface area contributed by atoms with Gasteiger partial charge in [0.1, 0.15) is 5.69 Å². The van der Waals surface area contributed by atoms with Crippen molar-refractivity contribution in [2.75, 3.05) is 6.54 Å². The van der Waals surface area contributed by atoms with E-state index in [0.29, 0.717) is 18.5 Å². The van der Waals surface area contributed by atoms with Crippen molar-refractivity contribution in [2.45, 2.75) is 38.3 Å². The number of amides is 1. The lowest BCUT2D eigenvalue weighted by Gasteiger charge is -2.20. The summed E-state index contributed by atoms with van der Waals surface area (Å²) in [5.41, 5.74) is 3.93. The first-order chi connectivity index (χ1) is 14.8. The molecule has 0 unspecified atom stereocenters. The lowest BCUT2D eigenvalue weighted by molar-refractivity contribution is -0.126. The third-order valence-electron chi connectivity index (χ3n) is 5.74. The van der Waals surface area contributed by atoms with E-state index in [2.05, 4.69) is 22.0 Å². The Labute approximate surface area is 177 Å². The van der Waals surface area contributed by atoms with Crippen LogP contribution in [-0.2, 0) is 11.3 Å². The largest absolute Gasteiger partial charge is 0.336 e. The van der Waals surface area contributed by atoms with Gasteiger partial charge in [0.2, 0.25) is 5.91 Å². The number of hydrogen-bond acceptors (Lipinski definition) is 3. The molecule has 0 N–H and O–H groups in total. The molecule has 1 aromatic carbocycles. The average Bonchev–Trinajstić information content (AvgIpc) is 3.70. The maximum absolute atomic E-state index is 12.9. The monoisotopic (exact) mass is 398 g/mol. The number of pyridine rings is 1. The highest BCUT2D eigenvalue weighted by Crippen LogP contribution is 2.35. The van der Waals surface area contributed by atoms with Crippen LogP contribution in [0.15, 0.2) is 67.1 Å². The Hall–Kier alpha value is -3.21. The molecule has 0 bridgehead atoms. The molecule has 2 heterocycles. The van der Waals surface area contributed by atoms with Crippen LogP contribution in [0.2, 0.25) is 0 Å². The second-order valence-corrected chi connectivity index (χ2v) is 8.36. The fraction of sp³-hybridized carbons (Fsp3) is 0.320. The summed E-state index contributed by atoms with van der Waals surface area (Å²) < 4.78 is 1.94. The summed E-state index contributed by atoms with van der Waals surface area (Å²) >= 11 is 0. The topological polar surface area (TPSA) is 51.0 Å². The lowest BCUT2D eigenvalue weighted by Crippen LogP contribution is -2.33. The van der Waals surface area contributed by atoms with Gasteiger partial charge in [-0.3, -0.25) is 14.5 Å². The highest BCUT2D eigenvalue weighted by molar-refractivity contribution is 5.93. The molecule has 30 heavy (non-hydrogen) atoms. The van der Waals surface area contributed by atoms with Gasteiger partial charge < -0.3 is 4.90 Å². The van der Waals surface area contributed by atoms with E-state index in [4.69, 9.17) is 5.10 Å². The molecule has 5 nitrogen and oxygen atoms in total. The first-order valence-corrected chi connectivity index (χ1v) is 10.8. The van der Waals surface area contributed by atoms with Crippen molar-refractivity contribution in [3.05, 3.63) is 78.3 Å². The zero-order chi connectivity index (χ0) is 20.3. The zero-order valence-electron chi connectivity index (χ0n) is 17.0. The molecule has 2 aromatic heterocycles. The van der Waals surface area contributed by atoms with E-state index < -0.39 is 0 Å². The maximum atomic E-state index is 12.9. The van der Waals surface area contributed by atoms with Gasteiger partial charge in [-0.15, -0.1) is 0 Å². The maximum Gasteiger partial charge on any atom is 0.246 e. The fourth-order valence-corrected chi connectivity index (χ4v) is 3.78. The number of benzene rings is 1. The normalized spacial score (nSPS) is 16.1. The Kier molecular flexibility index (Phi) is 5.18. The minimum atomic E-state index is 0.123. The summed E-state index contributed by atoms with van der Waals surface area (Å²) in [6.45, 7) is 1.60. The molecule has 2 aliphatic rings. The minimum absolute atomic E-state index is 0.123. The van der Waals surface area contributed by atoms with Crippen LogP contribution >= 0.6 is 0 Å². The van der Waals surface area contributed by atoms with Crippen molar-refractivity contribution in [3.8, 4) is 11.3 Å². The van der Waals surface area contributed by atoms with Crippen LogP contribution < -0.4 is 0 Å². The quantitative estimate of drug-likeness (QED) is 0.528. The van der Waals surface area contributed by atoms with Gasteiger partial charge in [-0.25, -0.2) is 0 Å². The van der Waals surface area contributed by atoms with Crippen molar-refractivity contribution in [1.29, 1.82) is 0 Å². The van der Waals surface area contributed by atoms with Gasteiger partial charge in [0.25, 0.3) is 0 Å². The molecule has 5 heteroatoms. The smallest absolute Gasteiger partial charge is 0.246 e. The molecular formula is C25H26N4O. The fourth-order valence-electron chi connectivity index (χ4n) is 3.78. The van der Waals surface area contributed by atoms with Gasteiger partial charge in [-0.2, -0.15) is 5.10 Å². The molecular weight excluding hydrogens is 372 g/mol. The summed E-state index contributed by atoms with van der Waals surface area (Å²) in [5.74, 6) is 0.833. The Morgan fingerprint density at radius 2 is 1.93 bits per heavy atom. The van der Waals surface area contributed by atoms with Crippen LogP contribution in [0.5, 0.6) is 0 Å². The van der Waals surface area contributed by atoms with E-state index in [1.807, 2.05) is 53.5 Å². The van der Waals surface area contributed by atoms with E-state index >= 15 is 0 Å². The number of hydrogen-bond donors (Lipinski definition) is 0. The predicted molar refractivity (Wildman–Crippen MR) is 117 cm³/mol. The van der Waals surface area contributed by atoms with Crippen LogP contribution in [0.25, 0.3) is 17.3 Å². The first kappa shape index (κ1) is 18.8. The summed E-state index contributed by atoms with van der Waals surface area (Å²) in [7, 11) is 0. The third kappa shape index (κ3) is 4.51. The summed E-state index contributed by atoms with van der Waals surface area (Å²) in [4.78, 5) is 19.2.